The van der Waals surface area contributed by atoms with Crippen molar-refractivity contribution in [2.45, 2.75) is 0 Å². The van der Waals surface area contributed by atoms with E-state index in [0.29, 0.717) is 21.9 Å². The lowest BCUT2D eigenvalue weighted by molar-refractivity contribution is 0.0699. The molecule has 0 aliphatic rings. The van der Waals surface area contributed by atoms with Crippen LogP contribution in [0.3, 0.4) is 0 Å². The highest BCUT2D eigenvalue weighted by Gasteiger charge is 2.12. The zero-order valence-electron chi connectivity index (χ0n) is 10.9. The molecule has 3 nitrogen and oxygen atoms in total. The van der Waals surface area contributed by atoms with E-state index in [1.54, 1.807) is 48.5 Å². The third-order valence-corrected chi connectivity index (χ3v) is 3.41. The third kappa shape index (κ3) is 2.69. The monoisotopic (exact) mass is 298 g/mol. The molecule has 0 fully saturated rings. The van der Waals surface area contributed by atoms with E-state index in [1.807, 2.05) is 12.1 Å². The summed E-state index contributed by atoms with van der Waals surface area (Å²) in [6, 6.07) is 17.5. The van der Waals surface area contributed by atoms with Gasteiger partial charge in [-0.05, 0) is 41.8 Å². The Morgan fingerprint density at radius 2 is 1.57 bits per heavy atom. The van der Waals surface area contributed by atoms with Gasteiger partial charge in [0.25, 0.3) is 0 Å². The summed E-state index contributed by atoms with van der Waals surface area (Å²) in [6.07, 6.45) is 0. The molecule has 3 rings (SSSR count). The van der Waals surface area contributed by atoms with E-state index < -0.39 is 5.97 Å². The largest absolute Gasteiger partial charge is 0.478 e. The Kier molecular flexibility index (Phi) is 3.50. The minimum atomic E-state index is -0.954. The number of carboxylic acid groups (broad SMARTS) is 1. The van der Waals surface area contributed by atoms with Gasteiger partial charge in [-0.3, -0.25) is 0 Å². The summed E-state index contributed by atoms with van der Waals surface area (Å²) < 4.78 is 5.83. The molecule has 0 aliphatic carbocycles. The van der Waals surface area contributed by atoms with Gasteiger partial charge in [-0.15, -0.1) is 0 Å². The number of rotatable bonds is 3. The molecular weight excluding hydrogens is 288 g/mol. The number of halogens is 1. The van der Waals surface area contributed by atoms with E-state index >= 15 is 0 Å². The van der Waals surface area contributed by atoms with Gasteiger partial charge < -0.3 is 9.84 Å². The summed E-state index contributed by atoms with van der Waals surface area (Å²) in [6.45, 7) is 0. The van der Waals surface area contributed by atoms with Gasteiger partial charge in [-0.1, -0.05) is 35.9 Å². The number of benzene rings is 3. The Balaban J connectivity index is 2.09. The first-order valence-corrected chi connectivity index (χ1v) is 6.71. The Labute approximate surface area is 126 Å². The summed E-state index contributed by atoms with van der Waals surface area (Å²) in [5, 5.41) is 11.3. The minimum Gasteiger partial charge on any atom is -0.478 e. The van der Waals surface area contributed by atoms with Crippen LogP contribution in [0.2, 0.25) is 5.02 Å². The SMILES string of the molecule is O=C(O)c1ccc(Oc2ccc(Cl)cc2)c2ccccc12. The van der Waals surface area contributed by atoms with Crippen LogP contribution in [0.1, 0.15) is 10.4 Å². The van der Waals surface area contributed by atoms with Crippen molar-refractivity contribution >= 4 is 28.3 Å². The van der Waals surface area contributed by atoms with Crippen molar-refractivity contribution in [3.63, 3.8) is 0 Å². The van der Waals surface area contributed by atoms with Crippen LogP contribution < -0.4 is 4.74 Å². The number of fused-ring (bicyclic) bond motifs is 1. The summed E-state index contributed by atoms with van der Waals surface area (Å²) in [5.74, 6) is 0.301. The molecule has 3 aromatic rings. The van der Waals surface area contributed by atoms with E-state index in [9.17, 15) is 9.90 Å². The van der Waals surface area contributed by atoms with Gasteiger partial charge in [-0.2, -0.15) is 0 Å². The van der Waals surface area contributed by atoms with Gasteiger partial charge in [0.1, 0.15) is 11.5 Å². The second-order valence-electron chi connectivity index (χ2n) is 4.52. The Morgan fingerprint density at radius 1 is 0.905 bits per heavy atom. The molecule has 0 heterocycles. The number of hydrogen-bond donors (Lipinski definition) is 1. The molecular formula is C17H11ClO3. The van der Waals surface area contributed by atoms with Crippen molar-refractivity contribution in [1.29, 1.82) is 0 Å². The highest BCUT2D eigenvalue weighted by molar-refractivity contribution is 6.30. The highest BCUT2D eigenvalue weighted by atomic mass is 35.5. The first-order chi connectivity index (χ1) is 10.1. The highest BCUT2D eigenvalue weighted by Crippen LogP contribution is 2.32. The molecule has 0 atom stereocenters. The van der Waals surface area contributed by atoms with Crippen LogP contribution in [-0.2, 0) is 0 Å². The van der Waals surface area contributed by atoms with Crippen molar-refractivity contribution in [2.24, 2.45) is 0 Å². The average molecular weight is 299 g/mol. The van der Waals surface area contributed by atoms with E-state index in [-0.39, 0.29) is 5.56 Å². The van der Waals surface area contributed by atoms with Gasteiger partial charge in [0.2, 0.25) is 0 Å². The van der Waals surface area contributed by atoms with Crippen molar-refractivity contribution in [3.8, 4) is 11.5 Å². The molecule has 0 aliphatic heterocycles. The molecule has 0 aromatic heterocycles. The molecule has 0 unspecified atom stereocenters. The van der Waals surface area contributed by atoms with E-state index in [0.717, 1.165) is 5.39 Å². The van der Waals surface area contributed by atoms with Gasteiger partial charge in [0, 0.05) is 10.4 Å². The fourth-order valence-electron chi connectivity index (χ4n) is 2.18. The Bertz CT molecular complexity index is 810. The van der Waals surface area contributed by atoms with Crippen molar-refractivity contribution in [1.82, 2.24) is 0 Å². The van der Waals surface area contributed by atoms with Crippen LogP contribution in [-0.4, -0.2) is 11.1 Å². The summed E-state index contributed by atoms with van der Waals surface area (Å²) in [4.78, 5) is 11.3. The smallest absolute Gasteiger partial charge is 0.336 e. The van der Waals surface area contributed by atoms with Crippen LogP contribution in [0.4, 0.5) is 0 Å². The molecule has 104 valence electrons. The van der Waals surface area contributed by atoms with Crippen LogP contribution >= 0.6 is 11.6 Å². The molecule has 4 heteroatoms. The van der Waals surface area contributed by atoms with E-state index in [1.165, 1.54) is 0 Å². The standard InChI is InChI=1S/C17H11ClO3/c18-11-5-7-12(8-6-11)21-16-10-9-15(17(19)20)13-3-1-2-4-14(13)16/h1-10H,(H,19,20). The molecule has 21 heavy (non-hydrogen) atoms. The van der Waals surface area contributed by atoms with Crippen LogP contribution in [0.25, 0.3) is 10.8 Å². The Morgan fingerprint density at radius 3 is 2.24 bits per heavy atom. The fraction of sp³-hybridized carbons (Fsp3) is 0. The van der Waals surface area contributed by atoms with E-state index in [4.69, 9.17) is 16.3 Å². The van der Waals surface area contributed by atoms with Crippen LogP contribution in [0, 0.1) is 0 Å². The zero-order chi connectivity index (χ0) is 14.8. The normalized spacial score (nSPS) is 10.5. The zero-order valence-corrected chi connectivity index (χ0v) is 11.7. The summed E-state index contributed by atoms with van der Waals surface area (Å²) in [5.41, 5.74) is 0.258. The van der Waals surface area contributed by atoms with Crippen LogP contribution in [0.15, 0.2) is 60.7 Å². The lowest BCUT2D eigenvalue weighted by atomic mass is 10.0. The predicted octanol–water partition coefficient (Wildman–Crippen LogP) is 4.98. The lowest BCUT2D eigenvalue weighted by Crippen LogP contribution is -1.98. The number of hydrogen-bond acceptors (Lipinski definition) is 2. The molecule has 0 bridgehead atoms. The summed E-state index contributed by atoms with van der Waals surface area (Å²) in [7, 11) is 0. The summed E-state index contributed by atoms with van der Waals surface area (Å²) >= 11 is 5.84. The molecule has 0 amide bonds. The minimum absolute atomic E-state index is 0.258. The molecule has 1 N–H and O–H groups in total. The molecule has 0 radical (unpaired) electrons. The number of ether oxygens (including phenoxy) is 1. The van der Waals surface area contributed by atoms with Crippen molar-refractivity contribution in [2.75, 3.05) is 0 Å². The maximum atomic E-state index is 11.3. The maximum Gasteiger partial charge on any atom is 0.336 e. The van der Waals surface area contributed by atoms with Gasteiger partial charge in [-0.25, -0.2) is 4.79 Å². The maximum absolute atomic E-state index is 11.3. The van der Waals surface area contributed by atoms with Gasteiger partial charge in [0.15, 0.2) is 0 Å². The lowest BCUT2D eigenvalue weighted by Gasteiger charge is -2.10. The average Bonchev–Trinajstić information content (AvgIpc) is 2.49. The molecule has 3 aromatic carbocycles. The number of carbonyl (C=O) groups is 1. The van der Waals surface area contributed by atoms with Gasteiger partial charge >= 0.3 is 5.97 Å². The predicted molar refractivity (Wildman–Crippen MR) is 82.4 cm³/mol. The van der Waals surface area contributed by atoms with Crippen molar-refractivity contribution < 1.29 is 14.6 Å². The fourth-order valence-corrected chi connectivity index (χ4v) is 2.30. The first kappa shape index (κ1) is 13.5. The second kappa shape index (κ2) is 5.46. The molecule has 0 saturated heterocycles. The van der Waals surface area contributed by atoms with E-state index in [2.05, 4.69) is 0 Å². The number of carboxylic acids is 1. The van der Waals surface area contributed by atoms with Crippen LogP contribution in [0.5, 0.6) is 11.5 Å². The molecule has 0 saturated carbocycles. The van der Waals surface area contributed by atoms with Gasteiger partial charge in [0.05, 0.1) is 5.56 Å². The Hall–Kier alpha value is -2.52. The topological polar surface area (TPSA) is 46.5 Å². The third-order valence-electron chi connectivity index (χ3n) is 3.16. The quantitative estimate of drug-likeness (QED) is 0.741. The first-order valence-electron chi connectivity index (χ1n) is 6.33. The second-order valence-corrected chi connectivity index (χ2v) is 4.95. The number of aromatic carboxylic acids is 1. The van der Waals surface area contributed by atoms with Crippen molar-refractivity contribution in [3.05, 3.63) is 71.2 Å². The molecule has 0 spiro atoms.